The normalized spacial score (nSPS) is 23.2. The zero-order valence-corrected chi connectivity index (χ0v) is 13.7. The lowest BCUT2D eigenvalue weighted by atomic mass is 9.94. The maximum absolute atomic E-state index is 4.42. The highest BCUT2D eigenvalue weighted by Crippen LogP contribution is 2.24. The van der Waals surface area contributed by atoms with Crippen molar-refractivity contribution in [1.29, 1.82) is 0 Å². The van der Waals surface area contributed by atoms with Crippen LogP contribution in [0.4, 0.5) is 0 Å². The van der Waals surface area contributed by atoms with Crippen molar-refractivity contribution in [3.8, 4) is 0 Å². The lowest BCUT2D eigenvalue weighted by molar-refractivity contribution is 0.226. The number of hydrogen-bond donors (Lipinski definition) is 1. The van der Waals surface area contributed by atoms with E-state index in [9.17, 15) is 0 Å². The summed E-state index contributed by atoms with van der Waals surface area (Å²) in [5.74, 6) is 0.807. The van der Waals surface area contributed by atoms with Gasteiger partial charge in [0.25, 0.3) is 0 Å². The second kappa shape index (κ2) is 9.16. The van der Waals surface area contributed by atoms with E-state index in [1.165, 1.54) is 44.3 Å². The highest BCUT2D eigenvalue weighted by Gasteiger charge is 2.23. The van der Waals surface area contributed by atoms with Gasteiger partial charge in [0.15, 0.2) is 0 Å². The molecule has 2 atom stereocenters. The van der Waals surface area contributed by atoms with E-state index in [0.29, 0.717) is 0 Å². The molecule has 0 aromatic carbocycles. The third-order valence-electron chi connectivity index (χ3n) is 4.65. The molecule has 2 rings (SSSR count). The molecule has 0 amide bonds. The molecule has 21 heavy (non-hydrogen) atoms. The standard InChI is InChI=1S/C18H31N3/c1-3-19-18-11-6-4-5-9-16(18)15-21(2)14-12-17-10-7-8-13-20-17/h7-8,10,13,16,18-19H,3-6,9,11-12,14-15H2,1-2H3. The fraction of sp³-hybridized carbons (Fsp3) is 0.722. The third-order valence-corrected chi connectivity index (χ3v) is 4.65. The highest BCUT2D eigenvalue weighted by molar-refractivity contribution is 5.03. The number of nitrogens with zero attached hydrogens (tertiary/aromatic N) is 2. The van der Waals surface area contributed by atoms with Crippen LogP contribution in [0, 0.1) is 5.92 Å². The molecule has 1 aliphatic rings. The molecule has 1 aromatic heterocycles. The van der Waals surface area contributed by atoms with Crippen LogP contribution in [0.1, 0.15) is 44.7 Å². The molecule has 118 valence electrons. The number of likely N-dealkylation sites (N-methyl/N-ethyl adjacent to an activating group) is 1. The van der Waals surface area contributed by atoms with Crippen LogP contribution in [-0.4, -0.2) is 42.6 Å². The van der Waals surface area contributed by atoms with E-state index >= 15 is 0 Å². The number of nitrogens with one attached hydrogen (secondary N) is 1. The summed E-state index contributed by atoms with van der Waals surface area (Å²) in [5, 5.41) is 3.71. The van der Waals surface area contributed by atoms with Gasteiger partial charge in [-0.3, -0.25) is 4.98 Å². The Morgan fingerprint density at radius 1 is 1.24 bits per heavy atom. The van der Waals surface area contributed by atoms with E-state index in [1.54, 1.807) is 0 Å². The molecule has 1 heterocycles. The maximum Gasteiger partial charge on any atom is 0.0416 e. The van der Waals surface area contributed by atoms with Crippen molar-refractivity contribution in [2.24, 2.45) is 5.92 Å². The molecular weight excluding hydrogens is 258 g/mol. The first-order valence-corrected chi connectivity index (χ1v) is 8.61. The Balaban J connectivity index is 1.80. The second-order valence-corrected chi connectivity index (χ2v) is 6.40. The first-order chi connectivity index (χ1) is 10.3. The predicted octanol–water partition coefficient (Wildman–Crippen LogP) is 3.11. The molecule has 0 saturated heterocycles. The molecule has 3 nitrogen and oxygen atoms in total. The summed E-state index contributed by atoms with van der Waals surface area (Å²) in [6.07, 6.45) is 9.89. The van der Waals surface area contributed by atoms with Crippen LogP contribution in [0.25, 0.3) is 0 Å². The van der Waals surface area contributed by atoms with E-state index < -0.39 is 0 Å². The van der Waals surface area contributed by atoms with Crippen molar-refractivity contribution in [2.45, 2.75) is 51.5 Å². The van der Waals surface area contributed by atoms with Gasteiger partial charge in [0.2, 0.25) is 0 Å². The summed E-state index contributed by atoms with van der Waals surface area (Å²) in [4.78, 5) is 6.91. The minimum Gasteiger partial charge on any atom is -0.314 e. The topological polar surface area (TPSA) is 28.2 Å². The summed E-state index contributed by atoms with van der Waals surface area (Å²) in [6.45, 7) is 5.64. The lowest BCUT2D eigenvalue weighted by Crippen LogP contribution is -2.41. The van der Waals surface area contributed by atoms with E-state index in [2.05, 4.69) is 41.3 Å². The maximum atomic E-state index is 4.42. The van der Waals surface area contributed by atoms with Crippen molar-refractivity contribution in [3.63, 3.8) is 0 Å². The molecule has 0 spiro atoms. The van der Waals surface area contributed by atoms with Gasteiger partial charge in [-0.25, -0.2) is 0 Å². The van der Waals surface area contributed by atoms with Crippen LogP contribution in [0.3, 0.4) is 0 Å². The van der Waals surface area contributed by atoms with Crippen molar-refractivity contribution in [2.75, 3.05) is 26.7 Å². The molecule has 0 radical (unpaired) electrons. The van der Waals surface area contributed by atoms with Crippen LogP contribution in [0.2, 0.25) is 0 Å². The molecule has 0 aliphatic heterocycles. The molecule has 0 bridgehead atoms. The average Bonchev–Trinajstić information content (AvgIpc) is 2.72. The van der Waals surface area contributed by atoms with Gasteiger partial charge in [0, 0.05) is 37.4 Å². The molecule has 1 fully saturated rings. The zero-order chi connectivity index (χ0) is 14.9. The van der Waals surface area contributed by atoms with E-state index in [4.69, 9.17) is 0 Å². The van der Waals surface area contributed by atoms with Crippen LogP contribution in [-0.2, 0) is 6.42 Å². The van der Waals surface area contributed by atoms with Crippen molar-refractivity contribution in [3.05, 3.63) is 30.1 Å². The van der Waals surface area contributed by atoms with E-state index in [-0.39, 0.29) is 0 Å². The Hall–Kier alpha value is -0.930. The molecule has 1 saturated carbocycles. The second-order valence-electron chi connectivity index (χ2n) is 6.40. The lowest BCUT2D eigenvalue weighted by Gasteiger charge is -2.30. The van der Waals surface area contributed by atoms with Crippen molar-refractivity contribution >= 4 is 0 Å². The monoisotopic (exact) mass is 289 g/mol. The average molecular weight is 289 g/mol. The predicted molar refractivity (Wildman–Crippen MR) is 89.5 cm³/mol. The number of aromatic nitrogens is 1. The minimum atomic E-state index is 0.717. The fourth-order valence-electron chi connectivity index (χ4n) is 3.48. The van der Waals surface area contributed by atoms with E-state index in [1.807, 2.05) is 12.3 Å². The van der Waals surface area contributed by atoms with Gasteiger partial charge in [0.1, 0.15) is 0 Å². The Morgan fingerprint density at radius 2 is 2.10 bits per heavy atom. The van der Waals surface area contributed by atoms with Crippen molar-refractivity contribution in [1.82, 2.24) is 15.2 Å². The quantitative estimate of drug-likeness (QED) is 0.782. The van der Waals surface area contributed by atoms with Gasteiger partial charge in [0.05, 0.1) is 0 Å². The highest BCUT2D eigenvalue weighted by atomic mass is 15.1. The van der Waals surface area contributed by atoms with Gasteiger partial charge in [-0.05, 0) is 44.5 Å². The first-order valence-electron chi connectivity index (χ1n) is 8.61. The summed E-state index contributed by atoms with van der Waals surface area (Å²) in [7, 11) is 2.26. The number of hydrogen-bond acceptors (Lipinski definition) is 3. The molecule has 1 aromatic rings. The molecular formula is C18H31N3. The first kappa shape index (κ1) is 16.4. The van der Waals surface area contributed by atoms with Crippen molar-refractivity contribution < 1.29 is 0 Å². The smallest absolute Gasteiger partial charge is 0.0416 e. The van der Waals surface area contributed by atoms with Gasteiger partial charge in [-0.1, -0.05) is 32.3 Å². The van der Waals surface area contributed by atoms with Crippen LogP contribution >= 0.6 is 0 Å². The number of rotatable bonds is 7. The van der Waals surface area contributed by atoms with Crippen LogP contribution in [0.5, 0.6) is 0 Å². The minimum absolute atomic E-state index is 0.717. The zero-order valence-electron chi connectivity index (χ0n) is 13.7. The SMILES string of the molecule is CCNC1CCCCCC1CN(C)CCc1ccccn1. The van der Waals surface area contributed by atoms with Crippen LogP contribution < -0.4 is 5.32 Å². The summed E-state index contributed by atoms with van der Waals surface area (Å²) in [5.41, 5.74) is 1.20. The Morgan fingerprint density at radius 3 is 2.86 bits per heavy atom. The summed E-state index contributed by atoms with van der Waals surface area (Å²) < 4.78 is 0. The Labute approximate surface area is 130 Å². The summed E-state index contributed by atoms with van der Waals surface area (Å²) >= 11 is 0. The van der Waals surface area contributed by atoms with Gasteiger partial charge < -0.3 is 10.2 Å². The number of pyridine rings is 1. The fourth-order valence-corrected chi connectivity index (χ4v) is 3.48. The van der Waals surface area contributed by atoms with Crippen LogP contribution in [0.15, 0.2) is 24.4 Å². The van der Waals surface area contributed by atoms with Gasteiger partial charge in [-0.2, -0.15) is 0 Å². The third kappa shape index (κ3) is 5.76. The molecule has 3 heteroatoms. The van der Waals surface area contributed by atoms with E-state index in [0.717, 1.165) is 31.5 Å². The molecule has 2 unspecified atom stereocenters. The molecule has 1 N–H and O–H groups in total. The van der Waals surface area contributed by atoms with Gasteiger partial charge >= 0.3 is 0 Å². The Bertz CT molecular complexity index is 379. The Kier molecular flexibility index (Phi) is 7.17. The largest absolute Gasteiger partial charge is 0.314 e. The molecule has 1 aliphatic carbocycles. The van der Waals surface area contributed by atoms with Gasteiger partial charge in [-0.15, -0.1) is 0 Å². The summed E-state index contributed by atoms with van der Waals surface area (Å²) in [6, 6.07) is 6.91.